The third kappa shape index (κ3) is 3.81. The van der Waals surface area contributed by atoms with E-state index in [0.29, 0.717) is 19.1 Å². The third-order valence-electron chi connectivity index (χ3n) is 3.88. The predicted octanol–water partition coefficient (Wildman–Crippen LogP) is 2.14. The molecular weight excluding hydrogens is 286 g/mol. The molecular formula is C15H25N3O2S. The topological polar surface area (TPSA) is 62.3 Å². The minimum Gasteiger partial charge on any atom is -0.310 e. The first-order chi connectivity index (χ1) is 9.95. The van der Waals surface area contributed by atoms with E-state index >= 15 is 0 Å². The van der Waals surface area contributed by atoms with E-state index < -0.39 is 10.0 Å². The molecule has 0 radical (unpaired) electrons. The maximum atomic E-state index is 12.6. The zero-order valence-electron chi connectivity index (χ0n) is 13.0. The molecule has 0 spiro atoms. The van der Waals surface area contributed by atoms with E-state index in [2.05, 4.69) is 24.1 Å². The smallest absolute Gasteiger partial charge is 0.260 e. The third-order valence-corrected chi connectivity index (χ3v) is 5.75. The maximum absolute atomic E-state index is 12.6. The van der Waals surface area contributed by atoms with Gasteiger partial charge in [-0.05, 0) is 30.9 Å². The van der Waals surface area contributed by atoms with Crippen LogP contribution in [0.5, 0.6) is 0 Å². The van der Waals surface area contributed by atoms with E-state index in [0.717, 1.165) is 24.8 Å². The van der Waals surface area contributed by atoms with Gasteiger partial charge in [0.25, 0.3) is 10.0 Å². The van der Waals surface area contributed by atoms with Crippen LogP contribution in [0.2, 0.25) is 0 Å². The molecule has 0 bridgehead atoms. The molecule has 1 aliphatic heterocycles. The van der Waals surface area contributed by atoms with Gasteiger partial charge in [-0.15, -0.1) is 0 Å². The summed E-state index contributed by atoms with van der Waals surface area (Å²) in [5, 5.41) is 3.45. The summed E-state index contributed by atoms with van der Waals surface area (Å²) in [6.07, 6.45) is 4.40. The van der Waals surface area contributed by atoms with Gasteiger partial charge in [-0.25, -0.2) is 13.4 Å². The summed E-state index contributed by atoms with van der Waals surface area (Å²) in [5.41, 5.74) is 0.996. The van der Waals surface area contributed by atoms with E-state index in [-0.39, 0.29) is 11.1 Å². The standard InChI is InChI=1S/C15H25N3O2S/c1-4-14-6-5-9-18(14)21(19,20)15-8-7-13(11-17-15)10-16-12(2)3/h7-8,11-12,14,16H,4-6,9-10H2,1-3H3. The SMILES string of the molecule is CCC1CCCN1S(=O)(=O)c1ccc(CNC(C)C)cn1. The molecule has 118 valence electrons. The van der Waals surface area contributed by atoms with E-state index in [4.69, 9.17) is 0 Å². The van der Waals surface area contributed by atoms with Crippen LogP contribution < -0.4 is 5.32 Å². The van der Waals surface area contributed by atoms with E-state index in [9.17, 15) is 8.42 Å². The number of hydrogen-bond donors (Lipinski definition) is 1. The van der Waals surface area contributed by atoms with Gasteiger partial charge in [0.05, 0.1) is 0 Å². The van der Waals surface area contributed by atoms with Gasteiger partial charge in [-0.3, -0.25) is 0 Å². The van der Waals surface area contributed by atoms with Gasteiger partial charge in [0.2, 0.25) is 0 Å². The first kappa shape index (κ1) is 16.4. The highest BCUT2D eigenvalue weighted by atomic mass is 32.2. The molecule has 5 nitrogen and oxygen atoms in total. The summed E-state index contributed by atoms with van der Waals surface area (Å²) >= 11 is 0. The molecule has 1 saturated heterocycles. The Morgan fingerprint density at radius 3 is 2.76 bits per heavy atom. The summed E-state index contributed by atoms with van der Waals surface area (Å²) < 4.78 is 26.9. The second-order valence-corrected chi connectivity index (χ2v) is 7.70. The largest absolute Gasteiger partial charge is 0.310 e. The summed E-state index contributed by atoms with van der Waals surface area (Å²) in [4.78, 5) is 4.17. The molecule has 0 saturated carbocycles. The molecule has 1 aromatic heterocycles. The minimum absolute atomic E-state index is 0.124. The monoisotopic (exact) mass is 311 g/mol. The Bertz CT molecular complexity index is 555. The van der Waals surface area contributed by atoms with Crippen LogP contribution in [-0.2, 0) is 16.6 Å². The molecule has 1 aromatic rings. The normalized spacial score (nSPS) is 20.3. The molecule has 1 unspecified atom stereocenters. The minimum atomic E-state index is -3.45. The van der Waals surface area contributed by atoms with Gasteiger partial charge in [0.15, 0.2) is 5.03 Å². The first-order valence-corrected chi connectivity index (χ1v) is 9.09. The van der Waals surface area contributed by atoms with Gasteiger partial charge < -0.3 is 5.32 Å². The van der Waals surface area contributed by atoms with Gasteiger partial charge in [0, 0.05) is 31.4 Å². The zero-order valence-corrected chi connectivity index (χ0v) is 13.9. The Kier molecular flexibility index (Phi) is 5.35. The number of pyridine rings is 1. The summed E-state index contributed by atoms with van der Waals surface area (Å²) in [6.45, 7) is 7.49. The molecule has 0 aliphatic carbocycles. The molecule has 1 fully saturated rings. The van der Waals surface area contributed by atoms with Crippen molar-refractivity contribution in [3.05, 3.63) is 23.9 Å². The Labute approximate surface area is 127 Å². The van der Waals surface area contributed by atoms with Crippen molar-refractivity contribution in [3.63, 3.8) is 0 Å². The molecule has 2 rings (SSSR count). The number of aromatic nitrogens is 1. The number of nitrogens with zero attached hydrogens (tertiary/aromatic N) is 2. The zero-order chi connectivity index (χ0) is 15.5. The fourth-order valence-corrected chi connectivity index (χ4v) is 4.33. The van der Waals surface area contributed by atoms with Crippen LogP contribution in [0, 0.1) is 0 Å². The molecule has 1 atom stereocenters. The first-order valence-electron chi connectivity index (χ1n) is 7.65. The number of rotatable bonds is 6. The average Bonchev–Trinajstić information content (AvgIpc) is 2.94. The second kappa shape index (κ2) is 6.85. The summed E-state index contributed by atoms with van der Waals surface area (Å²) in [5.74, 6) is 0. The van der Waals surface area contributed by atoms with E-state index in [1.165, 1.54) is 0 Å². The quantitative estimate of drug-likeness (QED) is 0.874. The van der Waals surface area contributed by atoms with Gasteiger partial charge >= 0.3 is 0 Å². The van der Waals surface area contributed by atoms with Crippen LogP contribution in [0.4, 0.5) is 0 Å². The van der Waals surface area contributed by atoms with Crippen molar-refractivity contribution in [2.24, 2.45) is 0 Å². The number of sulfonamides is 1. The van der Waals surface area contributed by atoms with Crippen molar-refractivity contribution in [1.82, 2.24) is 14.6 Å². The predicted molar refractivity (Wildman–Crippen MR) is 83.4 cm³/mol. The Morgan fingerprint density at radius 1 is 1.43 bits per heavy atom. The fourth-order valence-electron chi connectivity index (χ4n) is 2.64. The molecule has 6 heteroatoms. The van der Waals surface area contributed by atoms with Crippen molar-refractivity contribution in [3.8, 4) is 0 Å². The highest BCUT2D eigenvalue weighted by Gasteiger charge is 2.34. The van der Waals surface area contributed by atoms with Gasteiger partial charge in [0.1, 0.15) is 0 Å². The second-order valence-electron chi connectivity index (χ2n) is 5.86. The highest BCUT2D eigenvalue weighted by molar-refractivity contribution is 7.89. The van der Waals surface area contributed by atoms with Crippen molar-refractivity contribution < 1.29 is 8.42 Å². The van der Waals surface area contributed by atoms with Crippen LogP contribution in [-0.4, -0.2) is 36.3 Å². The van der Waals surface area contributed by atoms with Crippen LogP contribution >= 0.6 is 0 Å². The lowest BCUT2D eigenvalue weighted by Gasteiger charge is -2.22. The number of nitrogens with one attached hydrogen (secondary N) is 1. The Morgan fingerprint density at radius 2 is 2.19 bits per heavy atom. The Hall–Kier alpha value is -0.980. The fraction of sp³-hybridized carbons (Fsp3) is 0.667. The molecule has 1 aliphatic rings. The number of hydrogen-bond acceptors (Lipinski definition) is 4. The molecule has 2 heterocycles. The maximum Gasteiger partial charge on any atom is 0.260 e. The molecule has 21 heavy (non-hydrogen) atoms. The summed E-state index contributed by atoms with van der Waals surface area (Å²) in [6, 6.07) is 3.98. The van der Waals surface area contributed by atoms with Crippen LogP contribution in [0.3, 0.4) is 0 Å². The average molecular weight is 311 g/mol. The van der Waals surface area contributed by atoms with Crippen LogP contribution in [0.1, 0.15) is 45.6 Å². The van der Waals surface area contributed by atoms with Crippen LogP contribution in [0.15, 0.2) is 23.4 Å². The van der Waals surface area contributed by atoms with Gasteiger partial charge in [-0.2, -0.15) is 4.31 Å². The Balaban J connectivity index is 2.13. The molecule has 0 amide bonds. The molecule has 1 N–H and O–H groups in total. The van der Waals surface area contributed by atoms with E-state index in [1.807, 2.05) is 13.0 Å². The lowest BCUT2D eigenvalue weighted by molar-refractivity contribution is 0.378. The van der Waals surface area contributed by atoms with Crippen molar-refractivity contribution >= 4 is 10.0 Å². The van der Waals surface area contributed by atoms with Crippen molar-refractivity contribution in [1.29, 1.82) is 0 Å². The van der Waals surface area contributed by atoms with Crippen molar-refractivity contribution in [2.75, 3.05) is 6.54 Å². The van der Waals surface area contributed by atoms with Gasteiger partial charge in [-0.1, -0.05) is 26.8 Å². The van der Waals surface area contributed by atoms with Crippen LogP contribution in [0.25, 0.3) is 0 Å². The van der Waals surface area contributed by atoms with E-state index in [1.54, 1.807) is 16.6 Å². The highest BCUT2D eigenvalue weighted by Crippen LogP contribution is 2.26. The lowest BCUT2D eigenvalue weighted by Crippen LogP contribution is -2.35. The lowest BCUT2D eigenvalue weighted by atomic mass is 10.2. The summed E-state index contributed by atoms with van der Waals surface area (Å²) in [7, 11) is -3.45. The van der Waals surface area contributed by atoms with Crippen molar-refractivity contribution in [2.45, 2.75) is 63.7 Å². The molecule has 0 aromatic carbocycles.